The Hall–Kier alpha value is -4.23. The first-order valence-corrected chi connectivity index (χ1v) is 18.4. The largest absolute Gasteiger partial charge is 0.481 e. The van der Waals surface area contributed by atoms with Crippen molar-refractivity contribution in [3.63, 3.8) is 0 Å². The SMILES string of the molecule is Cc1cc(-c2c(C)cc(Cl)cc2C)cc([C@H](CC(=O)O)NC(=O)[C@H](CC(C)C)NC(=O)c2ccc(C(F)(F)F)n(CCN3CC4C(C3)C4(C)C)c2=O)c1F. The number of fused-ring (bicyclic) bond motifs is 1. The molecule has 3 N–H and O–H groups in total. The molecule has 1 aliphatic heterocycles. The van der Waals surface area contributed by atoms with E-state index in [0.29, 0.717) is 33.1 Å². The van der Waals surface area contributed by atoms with Gasteiger partial charge >= 0.3 is 12.1 Å². The number of carboxylic acid groups (broad SMARTS) is 1. The van der Waals surface area contributed by atoms with Gasteiger partial charge in [-0.1, -0.05) is 39.3 Å². The second-order valence-corrected chi connectivity index (χ2v) is 16.2. The minimum atomic E-state index is -4.86. The number of pyridine rings is 1. The molecule has 2 aromatic carbocycles. The Balaban J connectivity index is 1.42. The molecule has 2 amide bonds. The number of aromatic nitrogens is 1. The van der Waals surface area contributed by atoms with Crippen molar-refractivity contribution < 1.29 is 37.1 Å². The van der Waals surface area contributed by atoms with Crippen LogP contribution in [0.25, 0.3) is 11.1 Å². The summed E-state index contributed by atoms with van der Waals surface area (Å²) in [5, 5.41) is 15.4. The number of carbonyl (C=O) groups is 3. The van der Waals surface area contributed by atoms with Crippen molar-refractivity contribution in [1.29, 1.82) is 0 Å². The van der Waals surface area contributed by atoms with E-state index in [2.05, 4.69) is 24.5 Å². The number of rotatable bonds is 13. The predicted molar refractivity (Wildman–Crippen MR) is 198 cm³/mol. The number of nitrogens with one attached hydrogen (secondary N) is 2. The summed E-state index contributed by atoms with van der Waals surface area (Å²) in [6.45, 7) is 14.4. The third kappa shape index (κ3) is 8.67. The number of aryl methyl sites for hydroxylation is 3. The topological polar surface area (TPSA) is 121 Å². The number of alkyl halides is 3. The Morgan fingerprint density at radius 3 is 2.13 bits per heavy atom. The van der Waals surface area contributed by atoms with Gasteiger partial charge < -0.3 is 25.2 Å². The van der Waals surface area contributed by atoms with Gasteiger partial charge in [0.25, 0.3) is 11.5 Å². The molecule has 0 radical (unpaired) electrons. The summed E-state index contributed by atoms with van der Waals surface area (Å²) < 4.78 is 58.6. The van der Waals surface area contributed by atoms with E-state index in [0.717, 1.165) is 35.8 Å². The van der Waals surface area contributed by atoms with Crippen molar-refractivity contribution in [3.8, 4) is 11.1 Å². The van der Waals surface area contributed by atoms with Gasteiger partial charge in [-0.25, -0.2) is 4.39 Å². The quantitative estimate of drug-likeness (QED) is 0.157. The van der Waals surface area contributed by atoms with Crippen molar-refractivity contribution >= 4 is 29.4 Å². The summed E-state index contributed by atoms with van der Waals surface area (Å²) in [6.07, 6.45) is -5.55. The van der Waals surface area contributed by atoms with Crippen LogP contribution in [0.3, 0.4) is 0 Å². The Labute approximate surface area is 317 Å². The van der Waals surface area contributed by atoms with Crippen LogP contribution in [0.5, 0.6) is 0 Å². The van der Waals surface area contributed by atoms with Crippen LogP contribution in [0.15, 0.2) is 41.2 Å². The molecule has 2 aliphatic rings. The lowest BCUT2D eigenvalue weighted by molar-refractivity contribution is -0.144. The second kappa shape index (κ2) is 15.5. The molecule has 54 heavy (non-hydrogen) atoms. The molecule has 1 aliphatic carbocycles. The lowest BCUT2D eigenvalue weighted by Gasteiger charge is -2.26. The lowest BCUT2D eigenvalue weighted by atomic mass is 9.90. The van der Waals surface area contributed by atoms with Crippen LogP contribution in [0.1, 0.15) is 84.9 Å². The van der Waals surface area contributed by atoms with Crippen LogP contribution in [-0.2, 0) is 22.3 Å². The molecular formula is C40H47ClF4N4O5. The Morgan fingerprint density at radius 1 is 0.963 bits per heavy atom. The maximum atomic E-state index is 15.8. The Kier molecular flexibility index (Phi) is 11.7. The van der Waals surface area contributed by atoms with Gasteiger partial charge in [0, 0.05) is 36.8 Å². The van der Waals surface area contributed by atoms with Crippen LogP contribution in [0, 0.1) is 49.8 Å². The number of piperidine rings is 1. The van der Waals surface area contributed by atoms with Gasteiger partial charge in [-0.2, -0.15) is 13.2 Å². The minimum Gasteiger partial charge on any atom is -0.481 e. The normalized spacial score (nSPS) is 19.0. The Morgan fingerprint density at radius 2 is 1.57 bits per heavy atom. The van der Waals surface area contributed by atoms with Gasteiger partial charge in [-0.05, 0) is 115 Å². The van der Waals surface area contributed by atoms with Gasteiger partial charge in [-0.15, -0.1) is 0 Å². The molecule has 2 heterocycles. The molecule has 0 spiro atoms. The van der Waals surface area contributed by atoms with Crippen LogP contribution in [0.4, 0.5) is 17.6 Å². The summed E-state index contributed by atoms with van der Waals surface area (Å²) in [6, 6.07) is 5.35. The minimum absolute atomic E-state index is 0.0184. The molecule has 0 bridgehead atoms. The predicted octanol–water partition coefficient (Wildman–Crippen LogP) is 7.32. The number of amides is 2. The van der Waals surface area contributed by atoms with Crippen molar-refractivity contribution in [2.45, 2.75) is 86.1 Å². The first-order chi connectivity index (χ1) is 25.1. The number of benzene rings is 2. The maximum absolute atomic E-state index is 15.8. The van der Waals surface area contributed by atoms with Gasteiger partial charge in [0.2, 0.25) is 5.91 Å². The van der Waals surface area contributed by atoms with E-state index in [1.807, 2.05) is 18.7 Å². The molecule has 3 aromatic rings. The lowest BCUT2D eigenvalue weighted by Crippen LogP contribution is -2.50. The molecular weight excluding hydrogens is 728 g/mol. The number of nitrogens with zero attached hydrogens (tertiary/aromatic N) is 2. The summed E-state index contributed by atoms with van der Waals surface area (Å²) >= 11 is 6.23. The third-order valence-corrected chi connectivity index (χ3v) is 11.2. The highest BCUT2D eigenvalue weighted by Gasteiger charge is 2.61. The fourth-order valence-electron chi connectivity index (χ4n) is 8.04. The highest BCUT2D eigenvalue weighted by molar-refractivity contribution is 6.30. The molecule has 9 nitrogen and oxygen atoms in total. The standard InChI is InChI=1S/C40H47ClF4N4O5/c1-20(2)12-31(37(53)46-30(17-33(50)51)27-16-24(13-23(5)35(27)42)34-21(3)14-25(41)15-22(34)4)47-36(52)26-8-9-32(40(43,44)45)49(38(26)54)11-10-48-18-28-29(19-48)39(28,6)7/h8-9,13-16,20,28-31H,10-12,17-19H2,1-7H3,(H,46,53)(H,47,52)(H,50,51)/t28?,29?,30-,31-/m0/s1. The molecule has 14 heteroatoms. The van der Waals surface area contributed by atoms with Crippen LogP contribution >= 0.6 is 11.6 Å². The fourth-order valence-corrected chi connectivity index (χ4v) is 8.37. The van der Waals surface area contributed by atoms with E-state index < -0.39 is 65.1 Å². The Bertz CT molecular complexity index is 1990. The smallest absolute Gasteiger partial charge is 0.431 e. The molecule has 5 rings (SSSR count). The number of carboxylic acids is 1. The van der Waals surface area contributed by atoms with E-state index in [-0.39, 0.29) is 42.0 Å². The monoisotopic (exact) mass is 774 g/mol. The van der Waals surface area contributed by atoms with Crippen LogP contribution in [-0.4, -0.2) is 58.0 Å². The van der Waals surface area contributed by atoms with Crippen molar-refractivity contribution in [3.05, 3.63) is 91.1 Å². The average Bonchev–Trinajstić information content (AvgIpc) is 3.33. The summed E-state index contributed by atoms with van der Waals surface area (Å²) in [5.41, 5.74) is 0.330. The van der Waals surface area contributed by atoms with Crippen molar-refractivity contribution in [2.24, 2.45) is 23.2 Å². The summed E-state index contributed by atoms with van der Waals surface area (Å²) in [7, 11) is 0. The fraction of sp³-hybridized carbons (Fsp3) is 0.500. The van der Waals surface area contributed by atoms with Crippen molar-refractivity contribution in [1.82, 2.24) is 20.1 Å². The highest BCUT2D eigenvalue weighted by atomic mass is 35.5. The zero-order valence-electron chi connectivity index (χ0n) is 31.5. The number of likely N-dealkylation sites (tertiary alicyclic amines) is 1. The molecule has 1 saturated carbocycles. The van der Waals surface area contributed by atoms with Crippen LogP contribution < -0.4 is 16.2 Å². The van der Waals surface area contributed by atoms with E-state index in [1.54, 1.807) is 32.0 Å². The van der Waals surface area contributed by atoms with Crippen LogP contribution in [0.2, 0.25) is 5.02 Å². The van der Waals surface area contributed by atoms with Gasteiger partial charge in [0.15, 0.2) is 0 Å². The summed E-state index contributed by atoms with van der Waals surface area (Å²) in [4.78, 5) is 55.1. The number of hydrogen-bond donors (Lipinski definition) is 3. The number of aliphatic carboxylic acids is 1. The zero-order valence-corrected chi connectivity index (χ0v) is 32.2. The molecule has 4 atom stereocenters. The first-order valence-electron chi connectivity index (χ1n) is 18.0. The zero-order chi connectivity index (χ0) is 40.0. The summed E-state index contributed by atoms with van der Waals surface area (Å²) in [5.74, 6) is -3.28. The molecule has 1 aromatic heterocycles. The first kappa shape index (κ1) is 40.9. The number of halogens is 5. The van der Waals surface area contributed by atoms with Gasteiger partial charge in [0.1, 0.15) is 23.1 Å². The maximum Gasteiger partial charge on any atom is 0.431 e. The van der Waals surface area contributed by atoms with E-state index in [9.17, 15) is 37.5 Å². The third-order valence-electron chi connectivity index (χ3n) is 11.0. The van der Waals surface area contributed by atoms with E-state index in [4.69, 9.17) is 11.6 Å². The van der Waals surface area contributed by atoms with Crippen molar-refractivity contribution in [2.75, 3.05) is 19.6 Å². The molecule has 2 fully saturated rings. The molecule has 292 valence electrons. The molecule has 1 saturated heterocycles. The number of carbonyl (C=O) groups excluding carboxylic acids is 2. The second-order valence-electron chi connectivity index (χ2n) is 15.8. The van der Waals surface area contributed by atoms with E-state index in [1.165, 1.54) is 13.0 Å². The average molecular weight is 775 g/mol. The van der Waals surface area contributed by atoms with Gasteiger partial charge in [0.05, 0.1) is 12.5 Å². The van der Waals surface area contributed by atoms with Gasteiger partial charge in [-0.3, -0.25) is 19.2 Å². The highest BCUT2D eigenvalue weighted by Crippen LogP contribution is 2.61. The van der Waals surface area contributed by atoms with E-state index >= 15 is 4.39 Å². The molecule has 2 unspecified atom stereocenters. The number of hydrogen-bond acceptors (Lipinski definition) is 5.